The summed E-state index contributed by atoms with van der Waals surface area (Å²) >= 11 is 0. The predicted molar refractivity (Wildman–Crippen MR) is 101 cm³/mol. The Morgan fingerprint density at radius 2 is 1.79 bits per heavy atom. The van der Waals surface area contributed by atoms with Crippen molar-refractivity contribution >= 4 is 5.82 Å². The minimum atomic E-state index is -4.43. The maximum absolute atomic E-state index is 13.2. The lowest BCUT2D eigenvalue weighted by atomic mass is 9.92. The first-order chi connectivity index (χ1) is 13.1. The molecule has 1 saturated heterocycles. The molecule has 0 aromatic carbocycles. The molecule has 1 aliphatic heterocycles. The van der Waals surface area contributed by atoms with Gasteiger partial charge in [0.05, 0.1) is 11.3 Å². The predicted octanol–water partition coefficient (Wildman–Crippen LogP) is 3.87. The summed E-state index contributed by atoms with van der Waals surface area (Å²) in [7, 11) is 0. The Morgan fingerprint density at radius 1 is 1.11 bits per heavy atom. The van der Waals surface area contributed by atoms with Crippen LogP contribution in [0.25, 0.3) is 0 Å². The van der Waals surface area contributed by atoms with Crippen LogP contribution in [-0.4, -0.2) is 27.9 Å². The zero-order valence-electron chi connectivity index (χ0n) is 16.3. The first kappa shape index (κ1) is 20.4. The van der Waals surface area contributed by atoms with E-state index in [2.05, 4.69) is 10.1 Å². The number of alkyl halides is 3. The molecule has 0 atom stereocenters. The SMILES string of the molecule is CC(C)(C)c1ccc(=O)n(CC2CCN(c3ncccc3C(F)(F)F)CC2)n1. The molecule has 0 N–H and O–H groups in total. The highest BCUT2D eigenvalue weighted by molar-refractivity contribution is 5.48. The molecule has 152 valence electrons. The molecule has 1 fully saturated rings. The van der Waals surface area contributed by atoms with E-state index < -0.39 is 11.7 Å². The van der Waals surface area contributed by atoms with Gasteiger partial charge in [0.15, 0.2) is 0 Å². The molecule has 0 unspecified atom stereocenters. The third-order valence-electron chi connectivity index (χ3n) is 5.07. The van der Waals surface area contributed by atoms with Crippen LogP contribution in [-0.2, 0) is 18.1 Å². The molecule has 0 saturated carbocycles. The Bertz CT molecular complexity index is 878. The van der Waals surface area contributed by atoms with Gasteiger partial charge in [-0.25, -0.2) is 9.67 Å². The maximum atomic E-state index is 13.2. The lowest BCUT2D eigenvalue weighted by molar-refractivity contribution is -0.137. The number of anilines is 1. The van der Waals surface area contributed by atoms with E-state index >= 15 is 0 Å². The molecule has 1 aliphatic rings. The summed E-state index contributed by atoms with van der Waals surface area (Å²) in [6.45, 7) is 7.52. The van der Waals surface area contributed by atoms with E-state index in [9.17, 15) is 18.0 Å². The molecule has 2 aromatic heterocycles. The lowest BCUT2D eigenvalue weighted by Gasteiger charge is -2.34. The standard InChI is InChI=1S/C20H25F3N4O/c1-19(2,3)16-6-7-17(28)27(25-16)13-14-8-11-26(12-9-14)18-15(20(21,22)23)5-4-10-24-18/h4-7,10,14H,8-9,11-13H2,1-3H3. The van der Waals surface area contributed by atoms with E-state index in [4.69, 9.17) is 0 Å². The second-order valence-corrected chi connectivity index (χ2v) is 8.29. The van der Waals surface area contributed by atoms with Crippen LogP contribution in [0.3, 0.4) is 0 Å². The molecule has 3 rings (SSSR count). The third-order valence-corrected chi connectivity index (χ3v) is 5.07. The fourth-order valence-electron chi connectivity index (χ4n) is 3.42. The summed E-state index contributed by atoms with van der Waals surface area (Å²) < 4.78 is 41.2. The number of hydrogen-bond acceptors (Lipinski definition) is 4. The van der Waals surface area contributed by atoms with Crippen molar-refractivity contribution in [3.8, 4) is 0 Å². The molecule has 0 bridgehead atoms. The van der Waals surface area contributed by atoms with Gasteiger partial charge in [-0.15, -0.1) is 0 Å². The molecular weight excluding hydrogens is 369 g/mol. The van der Waals surface area contributed by atoms with Crippen LogP contribution < -0.4 is 10.5 Å². The minimum absolute atomic E-state index is 0.0153. The van der Waals surface area contributed by atoms with Crippen molar-refractivity contribution in [1.82, 2.24) is 14.8 Å². The summed E-state index contributed by atoms with van der Waals surface area (Å²) in [6.07, 6.45) is -1.67. The fraction of sp³-hybridized carbons (Fsp3) is 0.550. The topological polar surface area (TPSA) is 51.0 Å². The Hall–Kier alpha value is -2.38. The van der Waals surface area contributed by atoms with E-state index in [-0.39, 0.29) is 22.7 Å². The first-order valence-corrected chi connectivity index (χ1v) is 9.41. The Labute approximate surface area is 162 Å². The zero-order chi connectivity index (χ0) is 20.5. The van der Waals surface area contributed by atoms with Gasteiger partial charge in [-0.2, -0.15) is 18.3 Å². The van der Waals surface area contributed by atoms with Crippen molar-refractivity contribution in [2.24, 2.45) is 5.92 Å². The van der Waals surface area contributed by atoms with Gasteiger partial charge in [0, 0.05) is 37.3 Å². The second-order valence-electron chi connectivity index (χ2n) is 8.29. The van der Waals surface area contributed by atoms with Crippen molar-refractivity contribution in [2.45, 2.75) is 51.7 Å². The average molecular weight is 394 g/mol. The van der Waals surface area contributed by atoms with Crippen molar-refractivity contribution < 1.29 is 13.2 Å². The molecule has 0 radical (unpaired) electrons. The van der Waals surface area contributed by atoms with Crippen molar-refractivity contribution in [3.63, 3.8) is 0 Å². The van der Waals surface area contributed by atoms with E-state index in [0.29, 0.717) is 32.5 Å². The molecule has 2 aromatic rings. The van der Waals surface area contributed by atoms with E-state index in [1.54, 1.807) is 11.0 Å². The van der Waals surface area contributed by atoms with E-state index in [1.807, 2.05) is 20.8 Å². The highest BCUT2D eigenvalue weighted by Gasteiger charge is 2.36. The van der Waals surface area contributed by atoms with E-state index in [0.717, 1.165) is 11.8 Å². The second kappa shape index (κ2) is 7.56. The van der Waals surface area contributed by atoms with Gasteiger partial charge in [-0.05, 0) is 37.0 Å². The van der Waals surface area contributed by atoms with Gasteiger partial charge >= 0.3 is 6.18 Å². The molecule has 0 spiro atoms. The van der Waals surface area contributed by atoms with Gasteiger partial charge < -0.3 is 4.90 Å². The number of piperidine rings is 1. The summed E-state index contributed by atoms with van der Waals surface area (Å²) in [6, 6.07) is 5.66. The third kappa shape index (κ3) is 4.54. The van der Waals surface area contributed by atoms with Crippen LogP contribution in [0.4, 0.5) is 19.0 Å². The van der Waals surface area contributed by atoms with Gasteiger partial charge in [0.1, 0.15) is 5.82 Å². The summed E-state index contributed by atoms with van der Waals surface area (Å²) in [4.78, 5) is 17.8. The van der Waals surface area contributed by atoms with Crippen molar-refractivity contribution in [3.05, 3.63) is 52.1 Å². The van der Waals surface area contributed by atoms with Gasteiger partial charge in [-0.3, -0.25) is 4.79 Å². The summed E-state index contributed by atoms with van der Waals surface area (Å²) in [5.41, 5.74) is -0.178. The quantitative estimate of drug-likeness (QED) is 0.793. The maximum Gasteiger partial charge on any atom is 0.419 e. The van der Waals surface area contributed by atoms with E-state index in [1.165, 1.54) is 23.0 Å². The fourth-order valence-corrected chi connectivity index (χ4v) is 3.42. The Balaban J connectivity index is 1.70. The van der Waals surface area contributed by atoms with Crippen LogP contribution in [0.5, 0.6) is 0 Å². The number of rotatable bonds is 3. The summed E-state index contributed by atoms with van der Waals surface area (Å²) in [5.74, 6) is 0.174. The zero-order valence-corrected chi connectivity index (χ0v) is 16.3. The highest BCUT2D eigenvalue weighted by Crippen LogP contribution is 2.36. The highest BCUT2D eigenvalue weighted by atomic mass is 19.4. The van der Waals surface area contributed by atoms with Crippen LogP contribution in [0, 0.1) is 5.92 Å². The van der Waals surface area contributed by atoms with Crippen LogP contribution in [0.15, 0.2) is 35.3 Å². The smallest absolute Gasteiger partial charge is 0.356 e. The normalized spacial score (nSPS) is 16.4. The average Bonchev–Trinajstić information content (AvgIpc) is 2.62. The number of nitrogens with zero attached hydrogens (tertiary/aromatic N) is 4. The lowest BCUT2D eigenvalue weighted by Crippen LogP contribution is -2.38. The first-order valence-electron chi connectivity index (χ1n) is 9.41. The monoisotopic (exact) mass is 394 g/mol. The van der Waals surface area contributed by atoms with Crippen molar-refractivity contribution in [1.29, 1.82) is 0 Å². The molecular formula is C20H25F3N4O. The van der Waals surface area contributed by atoms with Crippen LogP contribution in [0.2, 0.25) is 0 Å². The molecule has 28 heavy (non-hydrogen) atoms. The molecule has 5 nitrogen and oxygen atoms in total. The number of hydrogen-bond donors (Lipinski definition) is 0. The number of pyridine rings is 1. The Morgan fingerprint density at radius 3 is 2.39 bits per heavy atom. The molecule has 0 amide bonds. The van der Waals surface area contributed by atoms with Gasteiger partial charge in [-0.1, -0.05) is 20.8 Å². The van der Waals surface area contributed by atoms with Gasteiger partial charge in [0.25, 0.3) is 5.56 Å². The molecule has 3 heterocycles. The molecule has 8 heteroatoms. The van der Waals surface area contributed by atoms with Crippen molar-refractivity contribution in [2.75, 3.05) is 18.0 Å². The largest absolute Gasteiger partial charge is 0.419 e. The molecule has 0 aliphatic carbocycles. The Kier molecular flexibility index (Phi) is 5.50. The van der Waals surface area contributed by atoms with Crippen LogP contribution >= 0.6 is 0 Å². The number of aromatic nitrogens is 3. The summed E-state index contributed by atoms with van der Waals surface area (Å²) in [5, 5.41) is 4.49. The number of halogens is 3. The minimum Gasteiger partial charge on any atom is -0.356 e. The van der Waals surface area contributed by atoms with Gasteiger partial charge in [0.2, 0.25) is 0 Å². The van der Waals surface area contributed by atoms with Crippen LogP contribution in [0.1, 0.15) is 44.9 Å².